The number of guanidine groups is 1. The molecule has 1 unspecified atom stereocenters. The summed E-state index contributed by atoms with van der Waals surface area (Å²) in [6.07, 6.45) is 5.29. The van der Waals surface area contributed by atoms with E-state index in [1.165, 1.54) is 0 Å². The standard InChI is InChI=1S/C34H43N7O4/c35-30(36)24-14-12-21(13-15-24)19-27(26-17-16-22-7-4-5-10-25(22)20-26)31(42)41-29(23-8-2-1-3-9-23)32(43)40-28(33(44)45)11-6-18-39-34(37)38/h4-5,7,10,12-17,20,23,27-29H,1-3,6,8-9,11,18-19H2,(H3,35,36)(H,40,43)(H,41,42)(H,44,45)(H4,37,38,39)/t27?,28-,29-/m0/s1. The number of nitrogen functional groups attached to an aromatic ring is 1. The largest absolute Gasteiger partial charge is 0.480 e. The molecule has 3 aromatic rings. The molecular weight excluding hydrogens is 570 g/mol. The van der Waals surface area contributed by atoms with Gasteiger partial charge in [-0.1, -0.05) is 86.0 Å². The molecule has 1 aliphatic carbocycles. The molecule has 0 aromatic heterocycles. The Hall–Kier alpha value is -4.93. The first-order valence-corrected chi connectivity index (χ1v) is 15.4. The number of hydrogen-bond acceptors (Lipinski definition) is 5. The van der Waals surface area contributed by atoms with E-state index in [0.717, 1.165) is 54.0 Å². The van der Waals surface area contributed by atoms with Crippen molar-refractivity contribution >= 4 is 40.4 Å². The Balaban J connectivity index is 1.61. The van der Waals surface area contributed by atoms with E-state index in [1.54, 1.807) is 12.1 Å². The minimum Gasteiger partial charge on any atom is -0.480 e. The van der Waals surface area contributed by atoms with Crippen molar-refractivity contribution in [2.45, 2.75) is 69.4 Å². The lowest BCUT2D eigenvalue weighted by Gasteiger charge is -2.32. The molecule has 1 aliphatic rings. The van der Waals surface area contributed by atoms with Crippen molar-refractivity contribution in [2.24, 2.45) is 28.1 Å². The van der Waals surface area contributed by atoms with E-state index in [4.69, 9.17) is 22.6 Å². The molecule has 11 nitrogen and oxygen atoms in total. The zero-order valence-electron chi connectivity index (χ0n) is 25.4. The highest BCUT2D eigenvalue weighted by molar-refractivity contribution is 5.95. The van der Waals surface area contributed by atoms with Crippen LogP contribution in [0.15, 0.2) is 71.7 Å². The molecule has 238 valence electrons. The number of carbonyl (C=O) groups excluding carboxylic acids is 2. The van der Waals surface area contributed by atoms with Gasteiger partial charge >= 0.3 is 5.97 Å². The van der Waals surface area contributed by atoms with Crippen molar-refractivity contribution < 1.29 is 19.5 Å². The molecule has 3 aromatic carbocycles. The van der Waals surface area contributed by atoms with Gasteiger partial charge in [0, 0.05) is 12.1 Å². The van der Waals surface area contributed by atoms with Crippen molar-refractivity contribution in [3.63, 3.8) is 0 Å². The van der Waals surface area contributed by atoms with Crippen LogP contribution in [0.4, 0.5) is 0 Å². The monoisotopic (exact) mass is 613 g/mol. The lowest BCUT2D eigenvalue weighted by Crippen LogP contribution is -2.55. The number of hydrogen-bond donors (Lipinski definition) is 7. The first-order chi connectivity index (χ1) is 21.6. The minimum absolute atomic E-state index is 0.0392. The maximum Gasteiger partial charge on any atom is 0.326 e. The summed E-state index contributed by atoms with van der Waals surface area (Å²) in [4.78, 5) is 43.9. The van der Waals surface area contributed by atoms with E-state index in [2.05, 4.69) is 15.6 Å². The van der Waals surface area contributed by atoms with Crippen LogP contribution in [0.3, 0.4) is 0 Å². The van der Waals surface area contributed by atoms with Crippen LogP contribution in [-0.4, -0.2) is 53.3 Å². The van der Waals surface area contributed by atoms with E-state index < -0.39 is 29.9 Å². The van der Waals surface area contributed by atoms with Crippen LogP contribution >= 0.6 is 0 Å². The molecule has 1 fully saturated rings. The summed E-state index contributed by atoms with van der Waals surface area (Å²) < 4.78 is 0. The Morgan fingerprint density at radius 1 is 0.889 bits per heavy atom. The van der Waals surface area contributed by atoms with E-state index in [0.29, 0.717) is 18.4 Å². The second-order valence-electron chi connectivity index (χ2n) is 11.7. The predicted molar refractivity (Wildman–Crippen MR) is 176 cm³/mol. The van der Waals surface area contributed by atoms with Crippen molar-refractivity contribution in [1.82, 2.24) is 10.6 Å². The number of rotatable bonds is 14. The van der Waals surface area contributed by atoms with Crippen LogP contribution in [0, 0.1) is 11.3 Å². The van der Waals surface area contributed by atoms with Crippen molar-refractivity contribution in [3.05, 3.63) is 83.4 Å². The molecule has 0 saturated heterocycles. The van der Waals surface area contributed by atoms with Gasteiger partial charge in [-0.15, -0.1) is 0 Å². The van der Waals surface area contributed by atoms with E-state index >= 15 is 0 Å². The molecule has 2 amide bonds. The van der Waals surface area contributed by atoms with Crippen LogP contribution in [0.5, 0.6) is 0 Å². The van der Waals surface area contributed by atoms with Crippen molar-refractivity contribution in [2.75, 3.05) is 6.54 Å². The minimum atomic E-state index is -1.16. The Morgan fingerprint density at radius 2 is 1.58 bits per heavy atom. The van der Waals surface area contributed by atoms with Gasteiger partial charge in [-0.05, 0) is 59.9 Å². The number of nitrogens with one attached hydrogen (secondary N) is 3. The Bertz CT molecular complexity index is 1530. The summed E-state index contributed by atoms with van der Waals surface area (Å²) in [7, 11) is 0. The zero-order valence-corrected chi connectivity index (χ0v) is 25.4. The normalized spacial score (nSPS) is 15.4. The molecule has 0 heterocycles. The number of benzene rings is 3. The SMILES string of the molecule is N=C(N)c1ccc(CC(C(=O)N[C@H](C(=O)N[C@@H](CCCN=C(N)N)C(=O)O)C2CCCCC2)c2ccc3ccccc3c2)cc1. The first-order valence-electron chi connectivity index (χ1n) is 15.4. The van der Waals surface area contributed by atoms with Crippen molar-refractivity contribution in [1.29, 1.82) is 5.41 Å². The van der Waals surface area contributed by atoms with Gasteiger partial charge < -0.3 is 32.9 Å². The van der Waals surface area contributed by atoms with Gasteiger partial charge in [0.1, 0.15) is 17.9 Å². The summed E-state index contributed by atoms with van der Waals surface area (Å²) in [6, 6.07) is 19.0. The molecule has 10 N–H and O–H groups in total. The average molecular weight is 614 g/mol. The van der Waals surface area contributed by atoms with Gasteiger partial charge in [0.2, 0.25) is 11.8 Å². The zero-order chi connectivity index (χ0) is 32.3. The third-order valence-electron chi connectivity index (χ3n) is 8.46. The predicted octanol–water partition coefficient (Wildman–Crippen LogP) is 3.14. The highest BCUT2D eigenvalue weighted by atomic mass is 16.4. The first kappa shape index (κ1) is 33.0. The molecular formula is C34H43N7O4. The lowest BCUT2D eigenvalue weighted by molar-refractivity contribution is -0.142. The number of amidine groups is 1. The molecule has 45 heavy (non-hydrogen) atoms. The fraction of sp³-hybridized carbons (Fsp3) is 0.382. The summed E-state index contributed by atoms with van der Waals surface area (Å²) in [6.45, 7) is 0.242. The number of aliphatic imine (C=N–C) groups is 1. The van der Waals surface area contributed by atoms with Crippen LogP contribution < -0.4 is 27.8 Å². The van der Waals surface area contributed by atoms with Gasteiger partial charge in [-0.2, -0.15) is 0 Å². The summed E-state index contributed by atoms with van der Waals surface area (Å²) in [5, 5.41) is 25.3. The number of aliphatic carboxylic acids is 1. The summed E-state index contributed by atoms with van der Waals surface area (Å²) in [5.41, 5.74) is 18.6. The Kier molecular flexibility index (Phi) is 11.5. The van der Waals surface area contributed by atoms with E-state index in [1.807, 2.05) is 54.6 Å². The molecule has 0 aliphatic heterocycles. The second-order valence-corrected chi connectivity index (χ2v) is 11.7. The molecule has 0 spiro atoms. The number of carboxylic acid groups (broad SMARTS) is 1. The van der Waals surface area contributed by atoms with Crippen LogP contribution in [0.2, 0.25) is 0 Å². The van der Waals surface area contributed by atoms with Gasteiger partial charge in [-0.3, -0.25) is 20.0 Å². The van der Waals surface area contributed by atoms with Crippen LogP contribution in [0.1, 0.15) is 67.6 Å². The maximum absolute atomic E-state index is 14.2. The van der Waals surface area contributed by atoms with Gasteiger partial charge in [0.05, 0.1) is 5.92 Å². The quantitative estimate of drug-likeness (QED) is 0.0819. The van der Waals surface area contributed by atoms with E-state index in [9.17, 15) is 19.5 Å². The second kappa shape index (κ2) is 15.7. The fourth-order valence-electron chi connectivity index (χ4n) is 5.98. The third-order valence-corrected chi connectivity index (χ3v) is 8.46. The Labute approximate surface area is 263 Å². The smallest absolute Gasteiger partial charge is 0.326 e. The molecule has 3 atom stereocenters. The fourth-order valence-corrected chi connectivity index (χ4v) is 5.98. The molecule has 1 saturated carbocycles. The molecule has 11 heteroatoms. The lowest BCUT2D eigenvalue weighted by atomic mass is 9.82. The summed E-state index contributed by atoms with van der Waals surface area (Å²) in [5.74, 6) is -2.86. The van der Waals surface area contributed by atoms with E-state index in [-0.39, 0.29) is 36.6 Å². The topological polar surface area (TPSA) is 210 Å². The number of carboxylic acids is 1. The van der Waals surface area contributed by atoms with Crippen LogP contribution in [-0.2, 0) is 20.8 Å². The number of amides is 2. The maximum atomic E-state index is 14.2. The molecule has 4 rings (SSSR count). The van der Waals surface area contributed by atoms with Crippen molar-refractivity contribution in [3.8, 4) is 0 Å². The average Bonchev–Trinajstić information content (AvgIpc) is 3.03. The molecule has 0 bridgehead atoms. The highest BCUT2D eigenvalue weighted by Gasteiger charge is 2.35. The summed E-state index contributed by atoms with van der Waals surface area (Å²) >= 11 is 0. The number of carbonyl (C=O) groups is 3. The van der Waals surface area contributed by atoms with Gasteiger partial charge in [-0.25, -0.2) is 4.79 Å². The van der Waals surface area contributed by atoms with Gasteiger partial charge in [0.25, 0.3) is 0 Å². The highest BCUT2D eigenvalue weighted by Crippen LogP contribution is 2.29. The molecule has 0 radical (unpaired) electrons. The van der Waals surface area contributed by atoms with Crippen LogP contribution in [0.25, 0.3) is 10.8 Å². The Morgan fingerprint density at radius 3 is 2.22 bits per heavy atom. The van der Waals surface area contributed by atoms with Gasteiger partial charge in [0.15, 0.2) is 5.96 Å². The number of nitrogens with two attached hydrogens (primary N) is 3. The number of nitrogens with zero attached hydrogens (tertiary/aromatic N) is 1. The third kappa shape index (κ3) is 9.28. The number of fused-ring (bicyclic) bond motifs is 1.